The summed E-state index contributed by atoms with van der Waals surface area (Å²) >= 11 is 3.00. The molecule has 0 aliphatic carbocycles. The van der Waals surface area contributed by atoms with Crippen molar-refractivity contribution in [1.29, 1.82) is 0 Å². The normalized spacial score (nSPS) is 11.0. The number of nitrogens with zero attached hydrogens (tertiary/aromatic N) is 6. The van der Waals surface area contributed by atoms with Gasteiger partial charge in [-0.05, 0) is 40.7 Å². The van der Waals surface area contributed by atoms with Crippen LogP contribution in [0.3, 0.4) is 0 Å². The van der Waals surface area contributed by atoms with Gasteiger partial charge in [0.05, 0.1) is 11.5 Å². The summed E-state index contributed by atoms with van der Waals surface area (Å²) in [4.78, 5) is 22.9. The summed E-state index contributed by atoms with van der Waals surface area (Å²) < 4.78 is 2.05. The van der Waals surface area contributed by atoms with E-state index in [0.29, 0.717) is 11.5 Å². The molecule has 0 saturated carbocycles. The summed E-state index contributed by atoms with van der Waals surface area (Å²) in [5.74, 6) is 2.03. The highest BCUT2D eigenvalue weighted by atomic mass is 32.2. The van der Waals surface area contributed by atoms with Crippen LogP contribution in [0.15, 0.2) is 16.4 Å². The van der Waals surface area contributed by atoms with E-state index in [2.05, 4.69) is 31.7 Å². The van der Waals surface area contributed by atoms with Crippen LogP contribution in [-0.2, 0) is 17.1 Å². The topological polar surface area (TPSA) is 76.8 Å². The molecule has 142 valence electrons. The van der Waals surface area contributed by atoms with E-state index in [0.717, 1.165) is 47.2 Å². The summed E-state index contributed by atoms with van der Waals surface area (Å²) in [6.45, 7) is 12.2. The van der Waals surface area contributed by atoms with Crippen molar-refractivity contribution in [2.75, 3.05) is 18.8 Å². The van der Waals surface area contributed by atoms with Crippen molar-refractivity contribution in [3.63, 3.8) is 0 Å². The summed E-state index contributed by atoms with van der Waals surface area (Å²) in [6, 6.07) is 1.96. The Morgan fingerprint density at radius 1 is 1.08 bits per heavy atom. The Morgan fingerprint density at radius 2 is 1.73 bits per heavy atom. The Bertz CT molecular complexity index is 725. The maximum Gasteiger partial charge on any atom is 0.233 e. The van der Waals surface area contributed by atoms with E-state index in [1.807, 2.05) is 38.7 Å². The first-order valence-electron chi connectivity index (χ1n) is 8.76. The Hall–Kier alpha value is -1.61. The third kappa shape index (κ3) is 5.44. The second-order valence-corrected chi connectivity index (χ2v) is 7.60. The van der Waals surface area contributed by atoms with Gasteiger partial charge in [0.25, 0.3) is 0 Å². The van der Waals surface area contributed by atoms with E-state index >= 15 is 0 Å². The van der Waals surface area contributed by atoms with E-state index < -0.39 is 0 Å². The number of aryl methyl sites for hydroxylation is 2. The lowest BCUT2D eigenvalue weighted by Gasteiger charge is -2.18. The molecule has 7 nitrogen and oxygen atoms in total. The van der Waals surface area contributed by atoms with Crippen LogP contribution in [0.1, 0.15) is 38.0 Å². The molecular weight excluding hydrogens is 368 g/mol. The van der Waals surface area contributed by atoms with Gasteiger partial charge < -0.3 is 9.47 Å². The molecular formula is C17H26N6OS2. The van der Waals surface area contributed by atoms with E-state index in [9.17, 15) is 4.79 Å². The molecule has 0 spiro atoms. The molecule has 0 atom stereocenters. The lowest BCUT2D eigenvalue weighted by Crippen LogP contribution is -2.31. The van der Waals surface area contributed by atoms with Crippen molar-refractivity contribution in [2.45, 2.75) is 57.2 Å². The lowest BCUT2D eigenvalue weighted by atomic mass is 10.4. The van der Waals surface area contributed by atoms with Gasteiger partial charge in [-0.1, -0.05) is 23.5 Å². The van der Waals surface area contributed by atoms with Gasteiger partial charge in [-0.3, -0.25) is 4.79 Å². The van der Waals surface area contributed by atoms with Gasteiger partial charge in [0.2, 0.25) is 5.91 Å². The first-order valence-corrected chi connectivity index (χ1v) is 10.7. The van der Waals surface area contributed by atoms with Gasteiger partial charge in [0.15, 0.2) is 10.3 Å². The average Bonchev–Trinajstić information content (AvgIpc) is 3.00. The summed E-state index contributed by atoms with van der Waals surface area (Å²) in [6.07, 6.45) is 0. The highest BCUT2D eigenvalue weighted by Gasteiger charge is 2.16. The van der Waals surface area contributed by atoms with Crippen molar-refractivity contribution < 1.29 is 4.79 Å². The zero-order chi connectivity index (χ0) is 19.1. The number of carbonyl (C=O) groups excluding carboxylic acids is 1. The SMILES string of the molecule is CCN(CC)C(=O)CSc1nnc(CSc2nc(C)cc(C)n2)n1CC. The quantitative estimate of drug-likeness (QED) is 0.478. The molecule has 2 rings (SSSR count). The van der Waals surface area contributed by atoms with Crippen molar-refractivity contribution in [3.8, 4) is 0 Å². The second-order valence-electron chi connectivity index (χ2n) is 5.72. The zero-order valence-corrected chi connectivity index (χ0v) is 17.7. The number of aromatic nitrogens is 5. The molecule has 0 bridgehead atoms. The summed E-state index contributed by atoms with van der Waals surface area (Å²) in [7, 11) is 0. The molecule has 26 heavy (non-hydrogen) atoms. The van der Waals surface area contributed by atoms with Gasteiger partial charge in [-0.25, -0.2) is 9.97 Å². The largest absolute Gasteiger partial charge is 0.343 e. The van der Waals surface area contributed by atoms with E-state index in [1.165, 1.54) is 11.8 Å². The molecule has 0 saturated heterocycles. The maximum absolute atomic E-state index is 12.2. The van der Waals surface area contributed by atoms with Gasteiger partial charge in [-0.15, -0.1) is 10.2 Å². The fourth-order valence-corrected chi connectivity index (χ4v) is 4.34. The van der Waals surface area contributed by atoms with Crippen LogP contribution in [0.25, 0.3) is 0 Å². The van der Waals surface area contributed by atoms with Crippen LogP contribution in [0.5, 0.6) is 0 Å². The first kappa shape index (κ1) is 20.7. The number of carbonyl (C=O) groups is 1. The number of rotatable bonds is 9. The predicted octanol–water partition coefficient (Wildman–Crippen LogP) is 2.96. The van der Waals surface area contributed by atoms with Crippen LogP contribution < -0.4 is 0 Å². The van der Waals surface area contributed by atoms with Crippen molar-refractivity contribution in [1.82, 2.24) is 29.6 Å². The van der Waals surface area contributed by atoms with Gasteiger partial charge in [-0.2, -0.15) is 0 Å². The third-order valence-electron chi connectivity index (χ3n) is 3.84. The molecule has 0 aliphatic rings. The Balaban J connectivity index is 2.01. The van der Waals surface area contributed by atoms with E-state index in [4.69, 9.17) is 0 Å². The first-order chi connectivity index (χ1) is 12.5. The van der Waals surface area contributed by atoms with Crippen LogP contribution in [-0.4, -0.2) is 54.4 Å². The van der Waals surface area contributed by atoms with Crippen molar-refractivity contribution in [2.24, 2.45) is 0 Å². The standard InChI is InChI=1S/C17H26N6OS2/c1-6-22(7-2)15(24)11-26-17-21-20-14(23(17)8-3)10-25-16-18-12(4)9-13(5)19-16/h9H,6-8,10-11H2,1-5H3. The minimum absolute atomic E-state index is 0.130. The van der Waals surface area contributed by atoms with E-state index in [1.54, 1.807) is 11.8 Å². The highest BCUT2D eigenvalue weighted by molar-refractivity contribution is 7.99. The van der Waals surface area contributed by atoms with Gasteiger partial charge in [0.1, 0.15) is 5.82 Å². The maximum atomic E-state index is 12.2. The Kier molecular flexibility index (Phi) is 7.89. The zero-order valence-electron chi connectivity index (χ0n) is 16.0. The molecule has 0 aliphatic heterocycles. The molecule has 0 radical (unpaired) electrons. The molecule has 0 fully saturated rings. The minimum Gasteiger partial charge on any atom is -0.343 e. The molecule has 2 aromatic heterocycles. The average molecular weight is 395 g/mol. The molecule has 0 unspecified atom stereocenters. The Morgan fingerprint density at radius 3 is 2.31 bits per heavy atom. The molecule has 2 aromatic rings. The number of amides is 1. The molecule has 9 heteroatoms. The van der Waals surface area contributed by atoms with Crippen LogP contribution in [0.2, 0.25) is 0 Å². The Labute approximate surface area is 163 Å². The fourth-order valence-electron chi connectivity index (χ4n) is 2.53. The van der Waals surface area contributed by atoms with Crippen LogP contribution in [0, 0.1) is 13.8 Å². The summed E-state index contributed by atoms with van der Waals surface area (Å²) in [5.41, 5.74) is 1.92. The molecule has 1 amide bonds. The van der Waals surface area contributed by atoms with Crippen LogP contribution in [0.4, 0.5) is 0 Å². The highest BCUT2D eigenvalue weighted by Crippen LogP contribution is 2.23. The number of hydrogen-bond donors (Lipinski definition) is 0. The smallest absolute Gasteiger partial charge is 0.233 e. The fraction of sp³-hybridized carbons (Fsp3) is 0.588. The monoisotopic (exact) mass is 394 g/mol. The number of thioether (sulfide) groups is 2. The molecule has 2 heterocycles. The van der Waals surface area contributed by atoms with Crippen molar-refractivity contribution >= 4 is 29.4 Å². The minimum atomic E-state index is 0.130. The molecule has 0 aromatic carbocycles. The molecule has 0 N–H and O–H groups in total. The summed E-state index contributed by atoms with van der Waals surface area (Å²) in [5, 5.41) is 10.1. The van der Waals surface area contributed by atoms with Gasteiger partial charge in [0, 0.05) is 31.0 Å². The second kappa shape index (κ2) is 9.91. The van der Waals surface area contributed by atoms with E-state index in [-0.39, 0.29) is 5.91 Å². The van der Waals surface area contributed by atoms with Crippen LogP contribution >= 0.6 is 23.5 Å². The lowest BCUT2D eigenvalue weighted by molar-refractivity contribution is -0.127. The predicted molar refractivity (Wildman–Crippen MR) is 105 cm³/mol. The third-order valence-corrected chi connectivity index (χ3v) is 5.64. The van der Waals surface area contributed by atoms with Gasteiger partial charge >= 0.3 is 0 Å². The number of hydrogen-bond acceptors (Lipinski definition) is 7. The van der Waals surface area contributed by atoms with Crippen molar-refractivity contribution in [3.05, 3.63) is 23.3 Å².